The predicted octanol–water partition coefficient (Wildman–Crippen LogP) is -0.0343. The van der Waals surface area contributed by atoms with Crippen LogP contribution in [-0.2, 0) is 19.4 Å². The Kier molecular flexibility index (Phi) is 2.74. The van der Waals surface area contributed by atoms with Crippen LogP contribution in [0.5, 0.6) is 0 Å². The SMILES string of the molecule is CN1CCc2nc(CCN)cnc2C1. The lowest BCUT2D eigenvalue weighted by atomic mass is 10.1. The highest BCUT2D eigenvalue weighted by molar-refractivity contribution is 5.17. The molecule has 0 amide bonds. The van der Waals surface area contributed by atoms with Crippen LogP contribution in [0, 0.1) is 0 Å². The van der Waals surface area contributed by atoms with Crippen LogP contribution in [0.4, 0.5) is 0 Å². The minimum absolute atomic E-state index is 0.646. The number of aromatic nitrogens is 2. The fourth-order valence-corrected chi connectivity index (χ4v) is 1.73. The van der Waals surface area contributed by atoms with Crippen LogP contribution in [0.1, 0.15) is 17.1 Å². The molecule has 0 unspecified atom stereocenters. The van der Waals surface area contributed by atoms with Gasteiger partial charge in [0.15, 0.2) is 0 Å². The van der Waals surface area contributed by atoms with Gasteiger partial charge in [-0.3, -0.25) is 9.97 Å². The topological polar surface area (TPSA) is 55.0 Å². The van der Waals surface area contributed by atoms with Crippen LogP contribution in [0.15, 0.2) is 6.20 Å². The molecule has 0 saturated heterocycles. The highest BCUT2D eigenvalue weighted by atomic mass is 15.1. The number of likely N-dealkylation sites (N-methyl/N-ethyl adjacent to an activating group) is 1. The maximum atomic E-state index is 5.48. The van der Waals surface area contributed by atoms with Gasteiger partial charge in [-0.1, -0.05) is 0 Å². The van der Waals surface area contributed by atoms with E-state index in [2.05, 4.69) is 21.9 Å². The Morgan fingerprint density at radius 3 is 3.14 bits per heavy atom. The molecule has 1 aromatic rings. The zero-order valence-electron chi connectivity index (χ0n) is 8.53. The number of hydrogen-bond acceptors (Lipinski definition) is 4. The van der Waals surface area contributed by atoms with Gasteiger partial charge in [-0.15, -0.1) is 0 Å². The molecule has 76 valence electrons. The van der Waals surface area contributed by atoms with Crippen molar-refractivity contribution < 1.29 is 0 Å². The Morgan fingerprint density at radius 2 is 2.36 bits per heavy atom. The van der Waals surface area contributed by atoms with Crippen LogP contribution >= 0.6 is 0 Å². The number of hydrogen-bond donors (Lipinski definition) is 1. The van der Waals surface area contributed by atoms with E-state index in [1.807, 2.05) is 6.20 Å². The van der Waals surface area contributed by atoms with E-state index in [-0.39, 0.29) is 0 Å². The average molecular weight is 192 g/mol. The molecule has 1 aromatic heterocycles. The van der Waals surface area contributed by atoms with Crippen LogP contribution in [0.2, 0.25) is 0 Å². The summed E-state index contributed by atoms with van der Waals surface area (Å²) in [6.45, 7) is 2.65. The summed E-state index contributed by atoms with van der Waals surface area (Å²) in [7, 11) is 2.11. The highest BCUT2D eigenvalue weighted by Crippen LogP contribution is 2.13. The van der Waals surface area contributed by atoms with E-state index in [0.717, 1.165) is 43.0 Å². The van der Waals surface area contributed by atoms with E-state index >= 15 is 0 Å². The third-order valence-corrected chi connectivity index (χ3v) is 2.53. The molecule has 2 heterocycles. The first-order valence-corrected chi connectivity index (χ1v) is 5.02. The molecule has 0 saturated carbocycles. The second-order valence-corrected chi connectivity index (χ2v) is 3.78. The monoisotopic (exact) mass is 192 g/mol. The Balaban J connectivity index is 2.22. The van der Waals surface area contributed by atoms with E-state index in [4.69, 9.17) is 5.73 Å². The summed E-state index contributed by atoms with van der Waals surface area (Å²) < 4.78 is 0. The minimum atomic E-state index is 0.646. The lowest BCUT2D eigenvalue weighted by Gasteiger charge is -2.23. The Morgan fingerprint density at radius 1 is 1.50 bits per heavy atom. The molecule has 14 heavy (non-hydrogen) atoms. The van der Waals surface area contributed by atoms with Crippen molar-refractivity contribution in [1.29, 1.82) is 0 Å². The zero-order chi connectivity index (χ0) is 9.97. The van der Waals surface area contributed by atoms with Gasteiger partial charge < -0.3 is 10.6 Å². The summed E-state index contributed by atoms with van der Waals surface area (Å²) in [6, 6.07) is 0. The predicted molar refractivity (Wildman–Crippen MR) is 54.8 cm³/mol. The van der Waals surface area contributed by atoms with E-state index in [9.17, 15) is 0 Å². The third-order valence-electron chi connectivity index (χ3n) is 2.53. The lowest BCUT2D eigenvalue weighted by Crippen LogP contribution is -2.28. The third kappa shape index (κ3) is 1.91. The van der Waals surface area contributed by atoms with Crippen molar-refractivity contribution in [3.8, 4) is 0 Å². The quantitative estimate of drug-likeness (QED) is 0.714. The van der Waals surface area contributed by atoms with Gasteiger partial charge in [0.1, 0.15) is 0 Å². The molecule has 2 rings (SSSR count). The maximum Gasteiger partial charge on any atom is 0.0759 e. The van der Waals surface area contributed by atoms with Crippen LogP contribution in [0.3, 0.4) is 0 Å². The fourth-order valence-electron chi connectivity index (χ4n) is 1.73. The van der Waals surface area contributed by atoms with Gasteiger partial charge >= 0.3 is 0 Å². The molecule has 0 radical (unpaired) electrons. The zero-order valence-corrected chi connectivity index (χ0v) is 8.53. The van der Waals surface area contributed by atoms with Crippen molar-refractivity contribution in [2.24, 2.45) is 5.73 Å². The first kappa shape index (κ1) is 9.55. The molecule has 1 aliphatic rings. The molecule has 1 aliphatic heterocycles. The van der Waals surface area contributed by atoms with Crippen molar-refractivity contribution in [2.45, 2.75) is 19.4 Å². The fraction of sp³-hybridized carbons (Fsp3) is 0.600. The van der Waals surface area contributed by atoms with Crippen molar-refractivity contribution in [1.82, 2.24) is 14.9 Å². The number of nitrogens with zero attached hydrogens (tertiary/aromatic N) is 3. The summed E-state index contributed by atoms with van der Waals surface area (Å²) in [5.41, 5.74) is 8.79. The molecular weight excluding hydrogens is 176 g/mol. The summed E-state index contributed by atoms with van der Waals surface area (Å²) in [5, 5.41) is 0. The standard InChI is InChI=1S/C10H16N4/c1-14-5-3-9-10(7-14)12-6-8(13-9)2-4-11/h6H,2-5,7,11H2,1H3. The van der Waals surface area contributed by atoms with Crippen molar-refractivity contribution in [3.63, 3.8) is 0 Å². The first-order chi connectivity index (χ1) is 6.79. The van der Waals surface area contributed by atoms with E-state index in [1.54, 1.807) is 0 Å². The molecule has 0 aromatic carbocycles. The molecule has 4 nitrogen and oxygen atoms in total. The molecule has 0 fully saturated rings. The smallest absolute Gasteiger partial charge is 0.0759 e. The van der Waals surface area contributed by atoms with Gasteiger partial charge in [0.2, 0.25) is 0 Å². The minimum Gasteiger partial charge on any atom is -0.330 e. The summed E-state index contributed by atoms with van der Waals surface area (Å²) >= 11 is 0. The van der Waals surface area contributed by atoms with E-state index in [0.29, 0.717) is 6.54 Å². The summed E-state index contributed by atoms with van der Waals surface area (Å²) in [6.07, 6.45) is 3.69. The molecule has 0 spiro atoms. The second kappa shape index (κ2) is 4.02. The Hall–Kier alpha value is -1.00. The van der Waals surface area contributed by atoms with Crippen molar-refractivity contribution in [2.75, 3.05) is 20.1 Å². The number of rotatable bonds is 2. The van der Waals surface area contributed by atoms with Crippen LogP contribution < -0.4 is 5.73 Å². The van der Waals surface area contributed by atoms with Crippen molar-refractivity contribution >= 4 is 0 Å². The van der Waals surface area contributed by atoms with Gasteiger partial charge in [-0.2, -0.15) is 0 Å². The first-order valence-electron chi connectivity index (χ1n) is 5.02. The Labute approximate surface area is 84.2 Å². The molecular formula is C10H16N4. The molecule has 0 aliphatic carbocycles. The van der Waals surface area contributed by atoms with Gasteiger partial charge in [0.25, 0.3) is 0 Å². The largest absolute Gasteiger partial charge is 0.330 e. The molecule has 2 N–H and O–H groups in total. The highest BCUT2D eigenvalue weighted by Gasteiger charge is 2.15. The van der Waals surface area contributed by atoms with Crippen LogP contribution in [0.25, 0.3) is 0 Å². The normalized spacial score (nSPS) is 16.7. The van der Waals surface area contributed by atoms with Crippen LogP contribution in [-0.4, -0.2) is 35.0 Å². The number of nitrogens with two attached hydrogens (primary N) is 1. The van der Waals surface area contributed by atoms with Gasteiger partial charge in [-0.25, -0.2) is 0 Å². The van der Waals surface area contributed by atoms with Gasteiger partial charge in [-0.05, 0) is 13.6 Å². The van der Waals surface area contributed by atoms with Gasteiger partial charge in [0.05, 0.1) is 17.1 Å². The van der Waals surface area contributed by atoms with Gasteiger partial charge in [0, 0.05) is 32.1 Å². The van der Waals surface area contributed by atoms with E-state index < -0.39 is 0 Å². The number of fused-ring (bicyclic) bond motifs is 1. The maximum absolute atomic E-state index is 5.48. The molecule has 4 heteroatoms. The lowest BCUT2D eigenvalue weighted by molar-refractivity contribution is 0.304. The van der Waals surface area contributed by atoms with E-state index in [1.165, 1.54) is 0 Å². The average Bonchev–Trinajstić information content (AvgIpc) is 2.19. The molecule has 0 bridgehead atoms. The van der Waals surface area contributed by atoms with Crippen molar-refractivity contribution in [3.05, 3.63) is 23.3 Å². The summed E-state index contributed by atoms with van der Waals surface area (Å²) in [4.78, 5) is 11.3. The second-order valence-electron chi connectivity index (χ2n) is 3.78. The molecule has 0 atom stereocenters. The Bertz CT molecular complexity index is 324. The summed E-state index contributed by atoms with van der Waals surface area (Å²) in [5.74, 6) is 0.